The van der Waals surface area contributed by atoms with Crippen molar-refractivity contribution in [2.45, 2.75) is 0 Å². The van der Waals surface area contributed by atoms with Crippen molar-refractivity contribution >= 4 is 33.8 Å². The van der Waals surface area contributed by atoms with Crippen molar-refractivity contribution in [1.82, 2.24) is 4.90 Å². The number of anilines is 1. The lowest BCUT2D eigenvalue weighted by atomic mass is 10.2. The summed E-state index contributed by atoms with van der Waals surface area (Å²) >= 11 is 0. The predicted octanol–water partition coefficient (Wildman–Crippen LogP) is 0.561. The van der Waals surface area contributed by atoms with Crippen molar-refractivity contribution in [2.75, 3.05) is 30.3 Å². The van der Waals surface area contributed by atoms with E-state index in [1.165, 1.54) is 0 Å². The summed E-state index contributed by atoms with van der Waals surface area (Å²) in [6, 6.07) is 6.70. The summed E-state index contributed by atoms with van der Waals surface area (Å²) in [4.78, 5) is 13.6. The molecule has 100 valence electrons. The molecule has 0 aliphatic carbocycles. The Kier molecular flexibility index (Phi) is 4.59. The molecule has 0 aromatic heterocycles. The third-order valence-electron chi connectivity index (χ3n) is 2.77. The van der Waals surface area contributed by atoms with Crippen LogP contribution in [0, 0.1) is 0 Å². The van der Waals surface area contributed by atoms with Gasteiger partial charge in [0.15, 0.2) is 9.84 Å². The second kappa shape index (κ2) is 5.58. The van der Waals surface area contributed by atoms with Crippen LogP contribution < -0.4 is 5.73 Å². The van der Waals surface area contributed by atoms with Crippen molar-refractivity contribution in [3.05, 3.63) is 29.8 Å². The fourth-order valence-corrected chi connectivity index (χ4v) is 2.97. The maximum absolute atomic E-state index is 12.0. The van der Waals surface area contributed by atoms with Crippen LogP contribution in [-0.4, -0.2) is 43.8 Å². The Bertz CT molecular complexity index is 531. The third-order valence-corrected chi connectivity index (χ3v) is 4.37. The molecule has 5 nitrogen and oxygen atoms in total. The molecule has 2 N–H and O–H groups in total. The number of amides is 1. The standard InChI is InChI=1S/C11H14N2O3S.ClH/c12-10-3-1-2-9(8-10)11(14)13-4-6-17(15,16)7-5-13;/h1-3,8H,4-7,12H2;1H. The Morgan fingerprint density at radius 2 is 1.83 bits per heavy atom. The number of rotatable bonds is 1. The summed E-state index contributed by atoms with van der Waals surface area (Å²) in [5, 5.41) is 0. The molecule has 2 rings (SSSR count). The van der Waals surface area contributed by atoms with Gasteiger partial charge in [0, 0.05) is 24.3 Å². The molecule has 1 aromatic carbocycles. The molecule has 7 heteroatoms. The molecule has 0 radical (unpaired) electrons. The number of nitrogens with zero attached hydrogens (tertiary/aromatic N) is 1. The highest BCUT2D eigenvalue weighted by Crippen LogP contribution is 2.12. The molecular weight excluding hydrogens is 276 g/mol. The fourth-order valence-electron chi connectivity index (χ4n) is 1.77. The Morgan fingerprint density at radius 1 is 1.22 bits per heavy atom. The fraction of sp³-hybridized carbons (Fsp3) is 0.364. The zero-order valence-corrected chi connectivity index (χ0v) is 11.3. The van der Waals surface area contributed by atoms with E-state index < -0.39 is 9.84 Å². The zero-order chi connectivity index (χ0) is 12.5. The number of sulfone groups is 1. The molecule has 1 fully saturated rings. The number of hydrogen-bond acceptors (Lipinski definition) is 4. The van der Waals surface area contributed by atoms with Gasteiger partial charge >= 0.3 is 0 Å². The van der Waals surface area contributed by atoms with Gasteiger partial charge < -0.3 is 10.6 Å². The van der Waals surface area contributed by atoms with Crippen LogP contribution in [0.5, 0.6) is 0 Å². The van der Waals surface area contributed by atoms with Crippen molar-refractivity contribution < 1.29 is 13.2 Å². The highest BCUT2D eigenvalue weighted by atomic mass is 35.5. The Balaban J connectivity index is 0.00000162. The van der Waals surface area contributed by atoms with E-state index >= 15 is 0 Å². The lowest BCUT2D eigenvalue weighted by Gasteiger charge is -2.26. The van der Waals surface area contributed by atoms with Crippen molar-refractivity contribution in [3.8, 4) is 0 Å². The van der Waals surface area contributed by atoms with Gasteiger partial charge in [-0.05, 0) is 18.2 Å². The van der Waals surface area contributed by atoms with E-state index in [2.05, 4.69) is 0 Å². The van der Waals surface area contributed by atoms with Gasteiger partial charge in [0.2, 0.25) is 0 Å². The molecule has 1 amide bonds. The summed E-state index contributed by atoms with van der Waals surface area (Å²) in [6.07, 6.45) is 0. The van der Waals surface area contributed by atoms with E-state index in [-0.39, 0.29) is 42.9 Å². The molecule has 0 saturated carbocycles. The third kappa shape index (κ3) is 3.36. The first-order valence-electron chi connectivity index (χ1n) is 5.33. The van der Waals surface area contributed by atoms with Crippen LogP contribution in [0.1, 0.15) is 10.4 Å². The highest BCUT2D eigenvalue weighted by molar-refractivity contribution is 7.91. The van der Waals surface area contributed by atoms with Gasteiger partial charge in [-0.15, -0.1) is 12.4 Å². The Labute approximate surface area is 112 Å². The molecule has 1 heterocycles. The summed E-state index contributed by atoms with van der Waals surface area (Å²) in [6.45, 7) is 0.520. The normalized spacial score (nSPS) is 17.9. The first kappa shape index (κ1) is 14.8. The van der Waals surface area contributed by atoms with Crippen LogP contribution in [0.3, 0.4) is 0 Å². The lowest BCUT2D eigenvalue weighted by molar-refractivity contribution is 0.0770. The monoisotopic (exact) mass is 290 g/mol. The average molecular weight is 291 g/mol. The summed E-state index contributed by atoms with van der Waals surface area (Å²) in [5.74, 6) is -0.0746. The number of carbonyl (C=O) groups is 1. The van der Waals surface area contributed by atoms with Crippen molar-refractivity contribution in [2.24, 2.45) is 0 Å². The minimum atomic E-state index is -2.96. The van der Waals surface area contributed by atoms with Crippen LogP contribution in [0.4, 0.5) is 5.69 Å². The first-order chi connectivity index (χ1) is 7.98. The Morgan fingerprint density at radius 3 is 2.39 bits per heavy atom. The van der Waals surface area contributed by atoms with Gasteiger partial charge in [-0.2, -0.15) is 0 Å². The summed E-state index contributed by atoms with van der Waals surface area (Å²) in [7, 11) is -2.96. The largest absolute Gasteiger partial charge is 0.399 e. The van der Waals surface area contributed by atoms with Gasteiger partial charge in [0.05, 0.1) is 11.5 Å². The minimum absolute atomic E-state index is 0. The minimum Gasteiger partial charge on any atom is -0.399 e. The van der Waals surface area contributed by atoms with Gasteiger partial charge in [-0.1, -0.05) is 6.07 Å². The smallest absolute Gasteiger partial charge is 0.253 e. The van der Waals surface area contributed by atoms with Gasteiger partial charge in [0.1, 0.15) is 0 Å². The molecule has 1 aliphatic rings. The molecule has 0 unspecified atom stereocenters. The van der Waals surface area contributed by atoms with Gasteiger partial charge in [-0.3, -0.25) is 4.79 Å². The van der Waals surface area contributed by atoms with Crippen LogP contribution in [0.2, 0.25) is 0 Å². The number of benzene rings is 1. The number of carbonyl (C=O) groups excluding carboxylic acids is 1. The van der Waals surface area contributed by atoms with E-state index in [1.807, 2.05) is 0 Å². The van der Waals surface area contributed by atoms with Crippen LogP contribution in [-0.2, 0) is 9.84 Å². The molecule has 0 bridgehead atoms. The maximum atomic E-state index is 12.0. The quantitative estimate of drug-likeness (QED) is 0.767. The van der Waals surface area contributed by atoms with E-state index in [0.717, 1.165) is 0 Å². The summed E-state index contributed by atoms with van der Waals surface area (Å²) < 4.78 is 22.5. The molecule has 0 atom stereocenters. The second-order valence-corrected chi connectivity index (χ2v) is 6.37. The zero-order valence-electron chi connectivity index (χ0n) is 9.70. The van der Waals surface area contributed by atoms with Crippen molar-refractivity contribution in [3.63, 3.8) is 0 Å². The predicted molar refractivity (Wildman–Crippen MR) is 72.7 cm³/mol. The summed E-state index contributed by atoms with van der Waals surface area (Å²) in [5.41, 5.74) is 6.63. The topological polar surface area (TPSA) is 80.5 Å². The van der Waals surface area contributed by atoms with Crippen LogP contribution in [0.25, 0.3) is 0 Å². The second-order valence-electron chi connectivity index (χ2n) is 4.07. The van der Waals surface area contributed by atoms with Crippen molar-refractivity contribution in [1.29, 1.82) is 0 Å². The average Bonchev–Trinajstić information content (AvgIpc) is 2.28. The first-order valence-corrected chi connectivity index (χ1v) is 7.15. The van der Waals surface area contributed by atoms with Crippen LogP contribution in [0.15, 0.2) is 24.3 Å². The number of nitrogens with two attached hydrogens (primary N) is 1. The van der Waals surface area contributed by atoms with E-state index in [0.29, 0.717) is 11.3 Å². The highest BCUT2D eigenvalue weighted by Gasteiger charge is 2.25. The van der Waals surface area contributed by atoms with E-state index in [1.54, 1.807) is 29.2 Å². The molecule has 1 saturated heterocycles. The SMILES string of the molecule is Cl.Nc1cccc(C(=O)N2CCS(=O)(=O)CC2)c1. The molecule has 18 heavy (non-hydrogen) atoms. The molecule has 1 aliphatic heterocycles. The number of nitrogen functional groups attached to an aromatic ring is 1. The molecule has 1 aromatic rings. The molecular formula is C11H15ClN2O3S. The van der Waals surface area contributed by atoms with Crippen LogP contribution >= 0.6 is 12.4 Å². The number of halogens is 1. The maximum Gasteiger partial charge on any atom is 0.253 e. The van der Waals surface area contributed by atoms with E-state index in [9.17, 15) is 13.2 Å². The lowest BCUT2D eigenvalue weighted by Crippen LogP contribution is -2.43. The Hall–Kier alpha value is -1.27. The van der Waals surface area contributed by atoms with Gasteiger partial charge in [0.25, 0.3) is 5.91 Å². The van der Waals surface area contributed by atoms with E-state index in [4.69, 9.17) is 5.73 Å². The van der Waals surface area contributed by atoms with Gasteiger partial charge in [-0.25, -0.2) is 8.42 Å². The number of hydrogen-bond donors (Lipinski definition) is 1. The molecule has 0 spiro atoms.